The maximum atomic E-state index is 13.5. The van der Waals surface area contributed by atoms with E-state index in [1.165, 1.54) is 66.7 Å². The zero-order chi connectivity index (χ0) is 29.1. The second kappa shape index (κ2) is 12.1. The fraction of sp³-hybridized carbons (Fsp3) is 0.0741. The molecule has 0 aromatic heterocycles. The van der Waals surface area contributed by atoms with Crippen LogP contribution in [0.15, 0.2) is 101 Å². The molecule has 0 saturated carbocycles. The first-order chi connectivity index (χ1) is 18.8. The summed E-state index contributed by atoms with van der Waals surface area (Å²) in [6.45, 7) is 1.32. The standard InChI is InChI=1S/C27H22Cl3N3O5S2/c1-18-2-8-24(9-3-18)33(40(37,38)26-10-4-19(28)5-11-26)17-27(34)31-22-6-12-25(13-7-22)39(35,36)32-23-15-20(29)14-21(30)16-23/h2-16,32H,17H2,1H3,(H,31,34). The van der Waals surface area contributed by atoms with Gasteiger partial charge in [0.1, 0.15) is 6.54 Å². The van der Waals surface area contributed by atoms with E-state index < -0.39 is 32.5 Å². The van der Waals surface area contributed by atoms with E-state index in [1.54, 1.807) is 24.3 Å². The molecule has 13 heteroatoms. The van der Waals surface area contributed by atoms with Crippen molar-refractivity contribution in [1.29, 1.82) is 0 Å². The lowest BCUT2D eigenvalue weighted by Gasteiger charge is -2.24. The molecule has 0 fully saturated rings. The van der Waals surface area contributed by atoms with Crippen LogP contribution in [0.25, 0.3) is 0 Å². The van der Waals surface area contributed by atoms with Crippen LogP contribution in [0.4, 0.5) is 17.1 Å². The Bertz CT molecular complexity index is 1730. The number of nitrogens with zero attached hydrogens (tertiary/aromatic N) is 1. The molecule has 1 amide bonds. The van der Waals surface area contributed by atoms with Crippen molar-refractivity contribution in [2.45, 2.75) is 16.7 Å². The highest BCUT2D eigenvalue weighted by molar-refractivity contribution is 7.93. The number of carbonyl (C=O) groups excluding carboxylic acids is 1. The predicted octanol–water partition coefficient (Wildman–Crippen LogP) is 6.59. The number of aryl methyl sites for hydroxylation is 1. The van der Waals surface area contributed by atoms with E-state index in [9.17, 15) is 21.6 Å². The van der Waals surface area contributed by atoms with E-state index in [4.69, 9.17) is 34.8 Å². The smallest absolute Gasteiger partial charge is 0.264 e. The van der Waals surface area contributed by atoms with Crippen LogP contribution in [0.3, 0.4) is 0 Å². The highest BCUT2D eigenvalue weighted by atomic mass is 35.5. The molecule has 4 aromatic rings. The van der Waals surface area contributed by atoms with Crippen LogP contribution in [0.2, 0.25) is 15.1 Å². The normalized spacial score (nSPS) is 11.6. The van der Waals surface area contributed by atoms with Gasteiger partial charge >= 0.3 is 0 Å². The van der Waals surface area contributed by atoms with Crippen molar-refractivity contribution in [3.05, 3.63) is 112 Å². The quantitative estimate of drug-likeness (QED) is 0.215. The van der Waals surface area contributed by atoms with Crippen LogP contribution in [0.1, 0.15) is 5.56 Å². The van der Waals surface area contributed by atoms with Crippen molar-refractivity contribution < 1.29 is 21.6 Å². The average molecular weight is 639 g/mol. The molecule has 4 rings (SSSR count). The average Bonchev–Trinajstić information content (AvgIpc) is 2.87. The molecule has 0 unspecified atom stereocenters. The van der Waals surface area contributed by atoms with E-state index in [0.717, 1.165) is 9.87 Å². The lowest BCUT2D eigenvalue weighted by molar-refractivity contribution is -0.114. The number of hydrogen-bond donors (Lipinski definition) is 2. The number of nitrogens with one attached hydrogen (secondary N) is 2. The van der Waals surface area contributed by atoms with Crippen LogP contribution >= 0.6 is 34.8 Å². The van der Waals surface area contributed by atoms with Gasteiger partial charge in [-0.05, 0) is 85.8 Å². The Hall–Kier alpha value is -3.28. The molecule has 0 aliphatic heterocycles. The fourth-order valence-electron chi connectivity index (χ4n) is 3.64. The number of benzene rings is 4. The van der Waals surface area contributed by atoms with Crippen LogP contribution in [0, 0.1) is 6.92 Å². The Morgan fingerprint density at radius 3 is 1.82 bits per heavy atom. The number of halogens is 3. The molecule has 0 spiro atoms. The fourth-order valence-corrected chi connectivity index (χ4v) is 6.75. The van der Waals surface area contributed by atoms with Crippen LogP contribution < -0.4 is 14.3 Å². The summed E-state index contributed by atoms with van der Waals surface area (Å²) in [5.41, 5.74) is 1.67. The largest absolute Gasteiger partial charge is 0.325 e. The van der Waals surface area contributed by atoms with Gasteiger partial charge in [0.2, 0.25) is 5.91 Å². The summed E-state index contributed by atoms with van der Waals surface area (Å²) in [6.07, 6.45) is 0. The maximum absolute atomic E-state index is 13.5. The molecule has 40 heavy (non-hydrogen) atoms. The Balaban J connectivity index is 1.53. The molecule has 8 nitrogen and oxygen atoms in total. The van der Waals surface area contributed by atoms with Crippen LogP contribution in [0.5, 0.6) is 0 Å². The van der Waals surface area contributed by atoms with Crippen molar-refractivity contribution in [1.82, 2.24) is 0 Å². The molecular weight excluding hydrogens is 617 g/mol. The Morgan fingerprint density at radius 2 is 1.25 bits per heavy atom. The van der Waals surface area contributed by atoms with Gasteiger partial charge < -0.3 is 5.32 Å². The molecule has 0 aliphatic rings. The molecule has 208 valence electrons. The Morgan fingerprint density at radius 1 is 0.700 bits per heavy atom. The third-order valence-electron chi connectivity index (χ3n) is 5.57. The molecule has 2 N–H and O–H groups in total. The highest BCUT2D eigenvalue weighted by Crippen LogP contribution is 2.27. The lowest BCUT2D eigenvalue weighted by atomic mass is 10.2. The van der Waals surface area contributed by atoms with E-state index in [0.29, 0.717) is 10.7 Å². The topological polar surface area (TPSA) is 113 Å². The van der Waals surface area contributed by atoms with Crippen LogP contribution in [-0.2, 0) is 24.8 Å². The number of amides is 1. The minimum atomic E-state index is -4.13. The summed E-state index contributed by atoms with van der Waals surface area (Å²) in [6, 6.07) is 22.0. The van der Waals surface area contributed by atoms with Gasteiger partial charge in [-0.25, -0.2) is 16.8 Å². The molecular formula is C27H22Cl3N3O5S2. The molecule has 0 aliphatic carbocycles. The van der Waals surface area contributed by atoms with Gasteiger partial charge in [0.15, 0.2) is 0 Å². The summed E-state index contributed by atoms with van der Waals surface area (Å²) >= 11 is 17.8. The van der Waals surface area contributed by atoms with Gasteiger partial charge in [-0.15, -0.1) is 0 Å². The number of sulfonamides is 2. The predicted molar refractivity (Wildman–Crippen MR) is 160 cm³/mol. The number of rotatable bonds is 9. The van der Waals surface area contributed by atoms with Gasteiger partial charge in [-0.2, -0.15) is 0 Å². The van der Waals surface area contributed by atoms with E-state index in [-0.39, 0.29) is 31.2 Å². The summed E-state index contributed by atoms with van der Waals surface area (Å²) in [5, 5.41) is 3.51. The second-order valence-corrected chi connectivity index (χ2v) is 13.5. The molecule has 0 radical (unpaired) electrons. The van der Waals surface area contributed by atoms with Gasteiger partial charge in [-0.1, -0.05) is 52.5 Å². The minimum absolute atomic E-state index is 0.0340. The lowest BCUT2D eigenvalue weighted by Crippen LogP contribution is -2.38. The van der Waals surface area contributed by atoms with E-state index in [2.05, 4.69) is 10.0 Å². The molecule has 0 saturated heterocycles. The summed E-state index contributed by atoms with van der Waals surface area (Å²) in [7, 11) is -8.11. The number of carbonyl (C=O) groups is 1. The third-order valence-corrected chi connectivity index (χ3v) is 9.45. The van der Waals surface area contributed by atoms with Crippen molar-refractivity contribution in [2.24, 2.45) is 0 Å². The Labute approximate surface area is 247 Å². The molecule has 0 bridgehead atoms. The number of hydrogen-bond acceptors (Lipinski definition) is 5. The van der Waals surface area contributed by atoms with E-state index >= 15 is 0 Å². The third kappa shape index (κ3) is 7.26. The highest BCUT2D eigenvalue weighted by Gasteiger charge is 2.27. The zero-order valence-corrected chi connectivity index (χ0v) is 24.7. The van der Waals surface area contributed by atoms with E-state index in [1.807, 2.05) is 6.92 Å². The number of anilines is 3. The van der Waals surface area contributed by atoms with Gasteiger partial charge in [0.05, 0.1) is 21.2 Å². The SMILES string of the molecule is Cc1ccc(N(CC(=O)Nc2ccc(S(=O)(=O)Nc3cc(Cl)cc(Cl)c3)cc2)S(=O)(=O)c2ccc(Cl)cc2)cc1. The molecule has 0 atom stereocenters. The first-order valence-corrected chi connectivity index (χ1v) is 15.6. The summed E-state index contributed by atoms with van der Waals surface area (Å²) in [4.78, 5) is 12.9. The van der Waals surface area contributed by atoms with Gasteiger partial charge in [-0.3, -0.25) is 13.8 Å². The first kappa shape index (κ1) is 29.7. The van der Waals surface area contributed by atoms with Crippen molar-refractivity contribution >= 4 is 77.8 Å². The van der Waals surface area contributed by atoms with Gasteiger partial charge in [0.25, 0.3) is 20.0 Å². The molecule has 4 aromatic carbocycles. The van der Waals surface area contributed by atoms with Gasteiger partial charge in [0, 0.05) is 20.8 Å². The Kier molecular flexibility index (Phi) is 8.96. The maximum Gasteiger partial charge on any atom is 0.264 e. The summed E-state index contributed by atoms with van der Waals surface area (Å²) in [5.74, 6) is -0.639. The van der Waals surface area contributed by atoms with Crippen molar-refractivity contribution in [3.63, 3.8) is 0 Å². The monoisotopic (exact) mass is 637 g/mol. The van der Waals surface area contributed by atoms with Crippen molar-refractivity contribution in [3.8, 4) is 0 Å². The van der Waals surface area contributed by atoms with Crippen LogP contribution in [-0.4, -0.2) is 29.3 Å². The minimum Gasteiger partial charge on any atom is -0.325 e. The zero-order valence-electron chi connectivity index (χ0n) is 20.8. The first-order valence-electron chi connectivity index (χ1n) is 11.6. The second-order valence-electron chi connectivity index (χ2n) is 8.64. The van der Waals surface area contributed by atoms with Crippen molar-refractivity contribution in [2.75, 3.05) is 20.9 Å². The summed E-state index contributed by atoms with van der Waals surface area (Å²) < 4.78 is 55.9. The molecule has 0 heterocycles.